The summed E-state index contributed by atoms with van der Waals surface area (Å²) in [4.78, 5) is 4.19. The first kappa shape index (κ1) is 12.4. The van der Waals surface area contributed by atoms with Crippen LogP contribution in [-0.4, -0.2) is 4.98 Å². The Bertz CT molecular complexity index is 534. The SMILES string of the molecule is Nc1cccnc1SCc1ccc(F)cc1Br. The summed E-state index contributed by atoms with van der Waals surface area (Å²) in [6.45, 7) is 0. The molecule has 88 valence electrons. The summed E-state index contributed by atoms with van der Waals surface area (Å²) < 4.78 is 13.7. The lowest BCUT2D eigenvalue weighted by Crippen LogP contribution is -1.92. The van der Waals surface area contributed by atoms with Gasteiger partial charge in [-0.1, -0.05) is 33.8 Å². The number of nitrogen functional groups attached to an aromatic ring is 1. The Labute approximate surface area is 112 Å². The van der Waals surface area contributed by atoms with E-state index in [4.69, 9.17) is 5.73 Å². The predicted octanol–water partition coefficient (Wildman–Crippen LogP) is 3.86. The zero-order valence-corrected chi connectivity index (χ0v) is 11.3. The predicted molar refractivity (Wildman–Crippen MR) is 72.3 cm³/mol. The minimum Gasteiger partial charge on any atom is -0.397 e. The van der Waals surface area contributed by atoms with Gasteiger partial charge < -0.3 is 5.73 Å². The molecule has 1 heterocycles. The maximum atomic E-state index is 12.9. The average Bonchev–Trinajstić information content (AvgIpc) is 2.30. The number of nitrogens with two attached hydrogens (primary N) is 1. The third-order valence-corrected chi connectivity index (χ3v) is 3.99. The molecule has 0 radical (unpaired) electrons. The Morgan fingerprint density at radius 1 is 1.35 bits per heavy atom. The first-order valence-corrected chi connectivity index (χ1v) is 6.72. The van der Waals surface area contributed by atoms with Crippen LogP contribution < -0.4 is 5.73 Å². The number of benzene rings is 1. The van der Waals surface area contributed by atoms with Crippen molar-refractivity contribution in [2.24, 2.45) is 0 Å². The number of hydrogen-bond donors (Lipinski definition) is 1. The van der Waals surface area contributed by atoms with Crippen molar-refractivity contribution >= 4 is 33.4 Å². The van der Waals surface area contributed by atoms with E-state index in [-0.39, 0.29) is 5.82 Å². The fourth-order valence-corrected chi connectivity index (χ4v) is 2.90. The molecule has 0 bridgehead atoms. The van der Waals surface area contributed by atoms with Crippen molar-refractivity contribution in [1.82, 2.24) is 4.98 Å². The normalized spacial score (nSPS) is 10.5. The second kappa shape index (κ2) is 5.51. The monoisotopic (exact) mass is 312 g/mol. The fourth-order valence-electron chi connectivity index (χ4n) is 1.31. The van der Waals surface area contributed by atoms with Gasteiger partial charge in [0.1, 0.15) is 10.8 Å². The fraction of sp³-hybridized carbons (Fsp3) is 0.0833. The second-order valence-corrected chi connectivity index (χ2v) is 5.24. The van der Waals surface area contributed by atoms with Crippen molar-refractivity contribution in [3.8, 4) is 0 Å². The van der Waals surface area contributed by atoms with Crippen LogP contribution in [0.1, 0.15) is 5.56 Å². The van der Waals surface area contributed by atoms with E-state index in [1.54, 1.807) is 18.3 Å². The number of pyridine rings is 1. The van der Waals surface area contributed by atoms with E-state index in [1.165, 1.54) is 23.9 Å². The van der Waals surface area contributed by atoms with Crippen LogP contribution in [-0.2, 0) is 5.75 Å². The van der Waals surface area contributed by atoms with Crippen LogP contribution in [0, 0.1) is 5.82 Å². The van der Waals surface area contributed by atoms with Crippen molar-refractivity contribution in [3.63, 3.8) is 0 Å². The zero-order valence-electron chi connectivity index (χ0n) is 8.86. The largest absolute Gasteiger partial charge is 0.397 e. The van der Waals surface area contributed by atoms with Gasteiger partial charge in [-0.15, -0.1) is 0 Å². The summed E-state index contributed by atoms with van der Waals surface area (Å²) in [7, 11) is 0. The molecule has 0 saturated heterocycles. The zero-order chi connectivity index (χ0) is 12.3. The maximum Gasteiger partial charge on any atom is 0.124 e. The van der Waals surface area contributed by atoms with Crippen molar-refractivity contribution < 1.29 is 4.39 Å². The highest BCUT2D eigenvalue weighted by Crippen LogP contribution is 2.28. The first-order valence-electron chi connectivity index (χ1n) is 4.94. The Morgan fingerprint density at radius 2 is 2.18 bits per heavy atom. The molecule has 0 fully saturated rings. The van der Waals surface area contributed by atoms with E-state index < -0.39 is 0 Å². The minimum absolute atomic E-state index is 0.247. The molecule has 2 N–H and O–H groups in total. The second-order valence-electron chi connectivity index (χ2n) is 3.42. The Hall–Kier alpha value is -1.07. The van der Waals surface area contributed by atoms with Gasteiger partial charge in [-0.25, -0.2) is 9.37 Å². The van der Waals surface area contributed by atoms with Crippen LogP contribution in [0.3, 0.4) is 0 Å². The number of hydrogen-bond acceptors (Lipinski definition) is 3. The summed E-state index contributed by atoms with van der Waals surface area (Å²) in [6, 6.07) is 8.27. The van der Waals surface area contributed by atoms with Crippen molar-refractivity contribution in [2.75, 3.05) is 5.73 Å². The average molecular weight is 313 g/mol. The molecule has 1 aromatic carbocycles. The highest BCUT2D eigenvalue weighted by molar-refractivity contribution is 9.10. The third-order valence-electron chi connectivity index (χ3n) is 2.18. The van der Waals surface area contributed by atoms with E-state index in [2.05, 4.69) is 20.9 Å². The standard InChI is InChI=1S/C12H10BrFN2S/c13-10-6-9(14)4-3-8(10)7-17-12-11(15)2-1-5-16-12/h1-6H,7,15H2. The smallest absolute Gasteiger partial charge is 0.124 e. The molecule has 2 nitrogen and oxygen atoms in total. The van der Waals surface area contributed by atoms with Gasteiger partial charge in [0.2, 0.25) is 0 Å². The quantitative estimate of drug-likeness (QED) is 0.875. The molecule has 2 aromatic rings. The van der Waals surface area contributed by atoms with Crippen LogP contribution in [0.2, 0.25) is 0 Å². The number of anilines is 1. The molecule has 17 heavy (non-hydrogen) atoms. The van der Waals surface area contributed by atoms with Gasteiger partial charge in [-0.2, -0.15) is 0 Å². The van der Waals surface area contributed by atoms with Crippen LogP contribution in [0.25, 0.3) is 0 Å². The molecule has 0 aliphatic rings. The third kappa shape index (κ3) is 3.20. The number of thioether (sulfide) groups is 1. The number of rotatable bonds is 3. The van der Waals surface area contributed by atoms with E-state index in [9.17, 15) is 4.39 Å². The highest BCUT2D eigenvalue weighted by Gasteiger charge is 2.05. The van der Waals surface area contributed by atoms with Crippen molar-refractivity contribution in [2.45, 2.75) is 10.8 Å². The molecular formula is C12H10BrFN2S. The van der Waals surface area contributed by atoms with Crippen molar-refractivity contribution in [1.29, 1.82) is 0 Å². The number of aromatic nitrogens is 1. The van der Waals surface area contributed by atoms with Gasteiger partial charge >= 0.3 is 0 Å². The molecule has 0 saturated carbocycles. The van der Waals surface area contributed by atoms with E-state index >= 15 is 0 Å². The summed E-state index contributed by atoms with van der Waals surface area (Å²) in [5.74, 6) is 0.449. The van der Waals surface area contributed by atoms with Gasteiger partial charge in [-0.3, -0.25) is 0 Å². The summed E-state index contributed by atoms with van der Waals surface area (Å²) >= 11 is 4.87. The lowest BCUT2D eigenvalue weighted by Gasteiger charge is -2.05. The summed E-state index contributed by atoms with van der Waals surface area (Å²) in [5, 5.41) is 0.795. The van der Waals surface area contributed by atoms with Crippen LogP contribution in [0.5, 0.6) is 0 Å². The molecule has 0 aliphatic carbocycles. The Morgan fingerprint density at radius 3 is 2.88 bits per heavy atom. The Balaban J connectivity index is 2.10. The van der Waals surface area contributed by atoms with Gasteiger partial charge in [0.15, 0.2) is 0 Å². The number of halogens is 2. The molecular weight excluding hydrogens is 303 g/mol. The van der Waals surface area contributed by atoms with Gasteiger partial charge in [0.25, 0.3) is 0 Å². The lowest BCUT2D eigenvalue weighted by atomic mass is 10.2. The molecule has 0 unspecified atom stereocenters. The van der Waals surface area contributed by atoms with E-state index in [0.717, 1.165) is 15.1 Å². The van der Waals surface area contributed by atoms with E-state index in [0.29, 0.717) is 11.4 Å². The first-order chi connectivity index (χ1) is 8.16. The minimum atomic E-state index is -0.247. The molecule has 5 heteroatoms. The molecule has 0 atom stereocenters. The lowest BCUT2D eigenvalue weighted by molar-refractivity contribution is 0.626. The van der Waals surface area contributed by atoms with E-state index in [1.807, 2.05) is 6.07 Å². The summed E-state index contributed by atoms with van der Waals surface area (Å²) in [6.07, 6.45) is 1.71. The maximum absolute atomic E-state index is 12.9. The van der Waals surface area contributed by atoms with Gasteiger partial charge in [0.05, 0.1) is 5.69 Å². The molecule has 0 amide bonds. The molecule has 0 aliphatic heterocycles. The number of nitrogens with zero attached hydrogens (tertiary/aromatic N) is 1. The molecule has 1 aromatic heterocycles. The van der Waals surface area contributed by atoms with Crippen molar-refractivity contribution in [3.05, 3.63) is 52.4 Å². The molecule has 0 spiro atoms. The topological polar surface area (TPSA) is 38.9 Å². The van der Waals surface area contributed by atoms with Gasteiger partial charge in [-0.05, 0) is 29.8 Å². The Kier molecular flexibility index (Phi) is 4.02. The van der Waals surface area contributed by atoms with Crippen LogP contribution >= 0.6 is 27.7 Å². The van der Waals surface area contributed by atoms with Crippen LogP contribution in [0.4, 0.5) is 10.1 Å². The van der Waals surface area contributed by atoms with Gasteiger partial charge in [0, 0.05) is 16.4 Å². The molecule has 2 rings (SSSR count). The highest BCUT2D eigenvalue weighted by atomic mass is 79.9. The summed E-state index contributed by atoms with van der Waals surface area (Å²) in [5.41, 5.74) is 7.47. The van der Waals surface area contributed by atoms with Crippen LogP contribution in [0.15, 0.2) is 46.0 Å².